The van der Waals surface area contributed by atoms with Gasteiger partial charge in [0.15, 0.2) is 17.3 Å². The SMILES string of the molecule is C=Cc1ccc(C2CCCC(c3ccccc3)C2)cc1C(=O)c1ccccc1C(C)C.CCc1ccc(C2CCCCC2)cc1C(=O)c1ccccc1C(C)C.CCc1ccccc1C(=O)c1cc(C2CCCC(CC(C)C)C2)ccc1CC. The largest absolute Gasteiger partial charge is 0.289 e. The maximum atomic E-state index is 13.6. The second-order valence-electron chi connectivity index (χ2n) is 25.7. The molecular weight excluding hydrogens is 1020 g/mol. The summed E-state index contributed by atoms with van der Waals surface area (Å²) >= 11 is 0. The monoisotopic (exact) mass is 1120 g/mol. The van der Waals surface area contributed by atoms with Crippen LogP contribution in [0.5, 0.6) is 0 Å². The second-order valence-corrected chi connectivity index (χ2v) is 25.7. The average Bonchev–Trinajstić information content (AvgIpc) is 3.68. The van der Waals surface area contributed by atoms with E-state index in [2.05, 4.69) is 172 Å². The van der Waals surface area contributed by atoms with Crippen molar-refractivity contribution in [1.29, 1.82) is 0 Å². The highest BCUT2D eigenvalue weighted by Gasteiger charge is 2.29. The zero-order chi connectivity index (χ0) is 59.7. The Labute approximate surface area is 507 Å². The summed E-state index contributed by atoms with van der Waals surface area (Å²) < 4.78 is 0. The molecule has 0 N–H and O–H groups in total. The Kier molecular flexibility index (Phi) is 23.3. The fourth-order valence-corrected chi connectivity index (χ4v) is 14.3. The van der Waals surface area contributed by atoms with Crippen molar-refractivity contribution < 1.29 is 14.4 Å². The van der Waals surface area contributed by atoms with Crippen LogP contribution in [0.3, 0.4) is 0 Å². The number of rotatable bonds is 18. The molecule has 3 aliphatic carbocycles. The van der Waals surface area contributed by atoms with E-state index in [1.54, 1.807) is 0 Å². The minimum atomic E-state index is 0.108. The second kappa shape index (κ2) is 30.9. The minimum Gasteiger partial charge on any atom is -0.289 e. The van der Waals surface area contributed by atoms with E-state index in [0.717, 1.165) is 93.2 Å². The predicted molar refractivity (Wildman–Crippen MR) is 356 cm³/mol. The van der Waals surface area contributed by atoms with E-state index in [9.17, 15) is 14.4 Å². The van der Waals surface area contributed by atoms with Gasteiger partial charge in [-0.25, -0.2) is 0 Å². The first-order chi connectivity index (χ1) is 40.7. The number of aryl methyl sites for hydroxylation is 3. The Bertz CT molecular complexity index is 3290. The zero-order valence-corrected chi connectivity index (χ0v) is 52.7. The molecule has 7 aromatic carbocycles. The van der Waals surface area contributed by atoms with Crippen LogP contribution in [-0.2, 0) is 19.3 Å². The van der Waals surface area contributed by atoms with Crippen molar-refractivity contribution >= 4 is 23.4 Å². The van der Waals surface area contributed by atoms with Gasteiger partial charge < -0.3 is 0 Å². The van der Waals surface area contributed by atoms with Gasteiger partial charge in [0, 0.05) is 33.4 Å². The van der Waals surface area contributed by atoms with Gasteiger partial charge in [-0.15, -0.1) is 0 Å². The molecule has 4 unspecified atom stereocenters. The van der Waals surface area contributed by atoms with Crippen molar-refractivity contribution in [2.45, 2.75) is 207 Å². The number of ketones is 3. The van der Waals surface area contributed by atoms with Gasteiger partial charge in [-0.3, -0.25) is 14.4 Å². The van der Waals surface area contributed by atoms with Gasteiger partial charge in [-0.1, -0.05) is 253 Å². The first-order valence-electron chi connectivity index (χ1n) is 32.7. The lowest BCUT2D eigenvalue weighted by atomic mass is 9.74. The summed E-state index contributed by atoms with van der Waals surface area (Å²) in [6.07, 6.45) is 22.4. The van der Waals surface area contributed by atoms with Crippen molar-refractivity contribution in [2.24, 2.45) is 11.8 Å². The summed E-state index contributed by atoms with van der Waals surface area (Å²) in [5.74, 6) is 5.10. The number of hydrogen-bond donors (Lipinski definition) is 0. The molecule has 0 heterocycles. The van der Waals surface area contributed by atoms with Crippen molar-refractivity contribution in [2.75, 3.05) is 0 Å². The van der Waals surface area contributed by atoms with Crippen molar-refractivity contribution in [3.8, 4) is 0 Å². The van der Waals surface area contributed by atoms with Crippen LogP contribution in [0.1, 0.15) is 291 Å². The first-order valence-corrected chi connectivity index (χ1v) is 32.7. The molecule has 0 bridgehead atoms. The molecule has 0 aromatic heterocycles. The number of hydrogen-bond acceptors (Lipinski definition) is 3. The van der Waals surface area contributed by atoms with E-state index < -0.39 is 0 Å². The number of benzene rings is 7. The fourth-order valence-electron chi connectivity index (χ4n) is 14.3. The molecule has 0 amide bonds. The normalized spacial score (nSPS) is 18.1. The highest BCUT2D eigenvalue weighted by atomic mass is 16.1. The first kappa shape index (κ1) is 63.3. The smallest absolute Gasteiger partial charge is 0.193 e. The van der Waals surface area contributed by atoms with Gasteiger partial charge in [0.05, 0.1) is 0 Å². The summed E-state index contributed by atoms with van der Waals surface area (Å²) in [6.45, 7) is 23.7. The molecule has 0 spiro atoms. The Morgan fingerprint density at radius 1 is 0.405 bits per heavy atom. The summed E-state index contributed by atoms with van der Waals surface area (Å²) in [7, 11) is 0. The Hall–Kier alpha value is -6.71. The van der Waals surface area contributed by atoms with E-state index >= 15 is 0 Å². The lowest BCUT2D eigenvalue weighted by Crippen LogP contribution is -2.17. The van der Waals surface area contributed by atoms with Gasteiger partial charge in [0.2, 0.25) is 0 Å². The van der Waals surface area contributed by atoms with Gasteiger partial charge in [-0.2, -0.15) is 0 Å². The third-order valence-electron chi connectivity index (χ3n) is 18.9. The average molecular weight is 1120 g/mol. The molecule has 0 radical (unpaired) electrons. The van der Waals surface area contributed by atoms with E-state index in [-0.39, 0.29) is 17.3 Å². The summed E-state index contributed by atoms with van der Waals surface area (Å²) in [4.78, 5) is 40.5. The van der Waals surface area contributed by atoms with E-state index in [0.29, 0.717) is 35.5 Å². The van der Waals surface area contributed by atoms with Crippen LogP contribution in [0.4, 0.5) is 0 Å². The topological polar surface area (TPSA) is 51.2 Å². The van der Waals surface area contributed by atoms with Gasteiger partial charge in [-0.05, 0) is 192 Å². The lowest BCUT2D eigenvalue weighted by molar-refractivity contribution is 0.102. The Morgan fingerprint density at radius 2 is 0.821 bits per heavy atom. The van der Waals surface area contributed by atoms with E-state index in [1.165, 1.54) is 117 Å². The van der Waals surface area contributed by atoms with Gasteiger partial charge >= 0.3 is 0 Å². The molecule has 0 saturated heterocycles. The number of carbonyl (C=O) groups excluding carboxylic acids is 3. The molecule has 7 aromatic rings. The molecule has 3 saturated carbocycles. The highest BCUT2D eigenvalue weighted by Crippen LogP contribution is 2.43. The predicted octanol–water partition coefficient (Wildman–Crippen LogP) is 22.1. The molecule has 3 heteroatoms. The summed E-state index contributed by atoms with van der Waals surface area (Å²) in [5.41, 5.74) is 17.3. The zero-order valence-electron chi connectivity index (χ0n) is 52.7. The molecule has 3 aliphatic rings. The number of carbonyl (C=O) groups is 3. The Morgan fingerprint density at radius 3 is 1.36 bits per heavy atom. The van der Waals surface area contributed by atoms with Gasteiger partial charge in [0.1, 0.15) is 0 Å². The van der Waals surface area contributed by atoms with Crippen LogP contribution in [0.15, 0.2) is 164 Å². The lowest BCUT2D eigenvalue weighted by Gasteiger charge is -2.31. The fraction of sp³-hybridized carbons (Fsp3) is 0.420. The Balaban J connectivity index is 0.000000165. The molecule has 4 atom stereocenters. The minimum absolute atomic E-state index is 0.108. The highest BCUT2D eigenvalue weighted by molar-refractivity contribution is 6.13. The third-order valence-corrected chi connectivity index (χ3v) is 18.9. The van der Waals surface area contributed by atoms with Gasteiger partial charge in [0.25, 0.3) is 0 Å². The summed E-state index contributed by atoms with van der Waals surface area (Å²) in [6, 6.07) is 54.9. The van der Waals surface area contributed by atoms with Crippen molar-refractivity contribution in [3.63, 3.8) is 0 Å². The third kappa shape index (κ3) is 16.0. The molecule has 10 rings (SSSR count). The van der Waals surface area contributed by atoms with Crippen molar-refractivity contribution in [3.05, 3.63) is 253 Å². The van der Waals surface area contributed by atoms with Crippen LogP contribution in [-0.4, -0.2) is 17.3 Å². The van der Waals surface area contributed by atoms with Crippen LogP contribution < -0.4 is 0 Å². The molecule has 0 aliphatic heterocycles. The molecular formula is C81H98O3. The molecule has 3 fully saturated rings. The summed E-state index contributed by atoms with van der Waals surface area (Å²) in [5, 5.41) is 0. The van der Waals surface area contributed by atoms with Crippen LogP contribution >= 0.6 is 0 Å². The van der Waals surface area contributed by atoms with E-state index in [4.69, 9.17) is 0 Å². The van der Waals surface area contributed by atoms with Crippen LogP contribution in [0, 0.1) is 11.8 Å². The van der Waals surface area contributed by atoms with Crippen LogP contribution in [0.2, 0.25) is 0 Å². The molecule has 3 nitrogen and oxygen atoms in total. The maximum absolute atomic E-state index is 13.6. The van der Waals surface area contributed by atoms with E-state index in [1.807, 2.05) is 60.7 Å². The molecule has 440 valence electrons. The van der Waals surface area contributed by atoms with Crippen LogP contribution in [0.25, 0.3) is 6.08 Å². The van der Waals surface area contributed by atoms with Crippen molar-refractivity contribution in [1.82, 2.24) is 0 Å². The standard InChI is InChI=1S/C30H32O.C27H36O.C24H30O/c1-4-22-17-18-26(25-14-10-13-24(19-25)23-11-6-5-7-12-23)20-29(22)30(31)28-16-9-8-15-27(28)21(2)3;1-5-21-11-7-8-13-25(21)27(28)26-18-24(15-14-22(26)6-2)23-12-9-10-20(17-23)16-19(3)4;1-4-18-14-15-20(19-10-6-5-7-11-19)16-23(18)24(25)22-13-9-8-12-21(22)17(2)3/h4-9,11-12,15-18,20-21,24-25H,1,10,13-14,19H2,2-3H3;7-8,11,13-15,18-20,23H,5-6,9-10,12,16-17H2,1-4H3;8-9,12-17,19H,4-7,10-11H2,1-3H3. The molecule has 84 heavy (non-hydrogen) atoms. The quantitative estimate of drug-likeness (QED) is 0.0805. The maximum Gasteiger partial charge on any atom is 0.193 e.